The fourth-order valence-corrected chi connectivity index (χ4v) is 0.900. The van der Waals surface area contributed by atoms with Crippen LogP contribution in [0.5, 0.6) is 0 Å². The second-order valence-electron chi connectivity index (χ2n) is 2.38. The summed E-state index contributed by atoms with van der Waals surface area (Å²) in [5.41, 5.74) is -0.132. The molecule has 0 aromatic heterocycles. The minimum absolute atomic E-state index is 0.0505. The third kappa shape index (κ3) is 1.99. The van der Waals surface area contributed by atoms with E-state index in [-0.39, 0.29) is 6.42 Å². The number of halogens is 1. The molecule has 5 heteroatoms. The van der Waals surface area contributed by atoms with Crippen LogP contribution in [0.1, 0.15) is 5.56 Å². The van der Waals surface area contributed by atoms with Crippen LogP contribution in [0, 0.1) is 27.3 Å². The molecule has 0 radical (unpaired) electrons. The van der Waals surface area contributed by atoms with Gasteiger partial charge in [0.1, 0.15) is 0 Å². The molecule has 0 N–H and O–H groups in total. The highest BCUT2D eigenvalue weighted by molar-refractivity contribution is 5.35. The number of nitro benzene ring substituents is 1. The Morgan fingerprint density at radius 3 is 2.77 bits per heavy atom. The fraction of sp³-hybridized carbons (Fsp3) is 0.125. The summed E-state index contributed by atoms with van der Waals surface area (Å²) in [5, 5.41) is 18.5. The molecule has 0 aliphatic heterocycles. The van der Waals surface area contributed by atoms with Crippen LogP contribution in [-0.4, -0.2) is 4.92 Å². The highest BCUT2D eigenvalue weighted by Crippen LogP contribution is 2.17. The van der Waals surface area contributed by atoms with Crippen LogP contribution in [-0.2, 0) is 6.42 Å². The lowest BCUT2D eigenvalue weighted by molar-refractivity contribution is -0.387. The molecule has 0 bridgehead atoms. The van der Waals surface area contributed by atoms with Crippen molar-refractivity contribution in [2.24, 2.45) is 0 Å². The average molecular weight is 180 g/mol. The number of nitro groups is 1. The molecule has 1 rings (SSSR count). The van der Waals surface area contributed by atoms with Crippen LogP contribution in [0.25, 0.3) is 0 Å². The average Bonchev–Trinajstić information content (AvgIpc) is 2.04. The molecule has 66 valence electrons. The zero-order valence-electron chi connectivity index (χ0n) is 6.53. The van der Waals surface area contributed by atoms with Crippen LogP contribution in [0.3, 0.4) is 0 Å². The van der Waals surface area contributed by atoms with E-state index < -0.39 is 16.4 Å². The predicted octanol–water partition coefficient (Wildman–Crippen LogP) is 1.80. The van der Waals surface area contributed by atoms with Crippen molar-refractivity contribution in [3.05, 3.63) is 39.7 Å². The van der Waals surface area contributed by atoms with Crippen LogP contribution in [0.15, 0.2) is 18.2 Å². The Kier molecular flexibility index (Phi) is 2.55. The van der Waals surface area contributed by atoms with Crippen molar-refractivity contribution in [2.45, 2.75) is 6.42 Å². The number of nitrogens with zero attached hydrogens (tertiary/aromatic N) is 2. The molecule has 1 aromatic carbocycles. The molecule has 0 heterocycles. The Bertz CT molecular complexity index is 384. The monoisotopic (exact) mass is 180 g/mol. The van der Waals surface area contributed by atoms with Crippen LogP contribution in [0.2, 0.25) is 0 Å². The predicted molar refractivity (Wildman–Crippen MR) is 42.4 cm³/mol. The molecule has 1 aromatic rings. The van der Waals surface area contributed by atoms with E-state index in [0.29, 0.717) is 5.56 Å². The van der Waals surface area contributed by atoms with Crippen molar-refractivity contribution in [3.8, 4) is 6.07 Å². The van der Waals surface area contributed by atoms with Gasteiger partial charge in [0.25, 0.3) is 0 Å². The Hall–Kier alpha value is -1.96. The van der Waals surface area contributed by atoms with Gasteiger partial charge in [0.15, 0.2) is 0 Å². The van der Waals surface area contributed by atoms with Gasteiger partial charge in [-0.2, -0.15) is 9.65 Å². The van der Waals surface area contributed by atoms with Crippen molar-refractivity contribution in [3.63, 3.8) is 0 Å². The molecule has 0 aliphatic carbocycles. The van der Waals surface area contributed by atoms with Gasteiger partial charge in [0, 0.05) is 6.07 Å². The summed E-state index contributed by atoms with van der Waals surface area (Å²) in [6.07, 6.45) is 0.0505. The van der Waals surface area contributed by atoms with E-state index in [0.717, 1.165) is 12.1 Å². The molecule has 0 unspecified atom stereocenters. The van der Waals surface area contributed by atoms with Gasteiger partial charge in [0.05, 0.1) is 17.4 Å². The van der Waals surface area contributed by atoms with E-state index in [1.807, 2.05) is 6.07 Å². The Morgan fingerprint density at radius 1 is 1.62 bits per heavy atom. The van der Waals surface area contributed by atoms with E-state index in [2.05, 4.69) is 0 Å². The fourth-order valence-electron chi connectivity index (χ4n) is 0.900. The van der Waals surface area contributed by atoms with Crippen LogP contribution in [0.4, 0.5) is 10.1 Å². The molecule has 13 heavy (non-hydrogen) atoms. The highest BCUT2D eigenvalue weighted by Gasteiger charge is 2.13. The first-order valence-corrected chi connectivity index (χ1v) is 3.45. The van der Waals surface area contributed by atoms with E-state index in [4.69, 9.17) is 5.26 Å². The summed E-state index contributed by atoms with van der Waals surface area (Å²) in [6, 6.07) is 5.25. The Labute approximate surface area is 73.4 Å². The number of hydrogen-bond donors (Lipinski definition) is 0. The molecule has 0 fully saturated rings. The zero-order valence-corrected chi connectivity index (χ0v) is 6.53. The van der Waals surface area contributed by atoms with Gasteiger partial charge in [-0.1, -0.05) is 6.07 Å². The summed E-state index contributed by atoms with van der Waals surface area (Å²) in [4.78, 5) is 9.39. The topological polar surface area (TPSA) is 66.9 Å². The lowest BCUT2D eigenvalue weighted by Gasteiger charge is -1.95. The normalized spacial score (nSPS) is 9.23. The molecule has 0 amide bonds. The number of benzene rings is 1. The van der Waals surface area contributed by atoms with Crippen molar-refractivity contribution < 1.29 is 9.31 Å². The zero-order chi connectivity index (χ0) is 9.84. The minimum Gasteiger partial charge on any atom is -0.258 e. The molecule has 0 saturated heterocycles. The highest BCUT2D eigenvalue weighted by atomic mass is 19.1. The largest absolute Gasteiger partial charge is 0.304 e. The third-order valence-electron chi connectivity index (χ3n) is 1.49. The molecule has 0 saturated carbocycles. The second-order valence-corrected chi connectivity index (χ2v) is 2.38. The van der Waals surface area contributed by atoms with Crippen LogP contribution >= 0.6 is 0 Å². The third-order valence-corrected chi connectivity index (χ3v) is 1.49. The van der Waals surface area contributed by atoms with E-state index >= 15 is 0 Å². The molecule has 0 spiro atoms. The second kappa shape index (κ2) is 3.63. The first-order valence-electron chi connectivity index (χ1n) is 3.45. The lowest BCUT2D eigenvalue weighted by atomic mass is 10.1. The Balaban J connectivity index is 3.07. The van der Waals surface area contributed by atoms with Gasteiger partial charge >= 0.3 is 5.69 Å². The van der Waals surface area contributed by atoms with Crippen molar-refractivity contribution in [1.82, 2.24) is 0 Å². The summed E-state index contributed by atoms with van der Waals surface area (Å²) in [5.74, 6) is -0.905. The summed E-state index contributed by atoms with van der Waals surface area (Å²) < 4.78 is 12.9. The van der Waals surface area contributed by atoms with Gasteiger partial charge in [-0.15, -0.1) is 0 Å². The van der Waals surface area contributed by atoms with Gasteiger partial charge in [-0.3, -0.25) is 10.1 Å². The molecule has 0 atom stereocenters. The first-order chi connectivity index (χ1) is 6.15. The maximum Gasteiger partial charge on any atom is 0.304 e. The maximum atomic E-state index is 12.9. The van der Waals surface area contributed by atoms with E-state index in [9.17, 15) is 14.5 Å². The molecular weight excluding hydrogens is 175 g/mol. The van der Waals surface area contributed by atoms with Crippen molar-refractivity contribution >= 4 is 5.69 Å². The van der Waals surface area contributed by atoms with Gasteiger partial charge in [0.2, 0.25) is 5.82 Å². The standard InChI is InChI=1S/C8H5FN2O2/c9-7-5-6(3-4-10)1-2-8(7)11(12)13/h1-2,5H,3H2. The quantitative estimate of drug-likeness (QED) is 0.514. The summed E-state index contributed by atoms with van der Waals surface area (Å²) >= 11 is 0. The number of hydrogen-bond acceptors (Lipinski definition) is 3. The molecule has 4 nitrogen and oxygen atoms in total. The van der Waals surface area contributed by atoms with Crippen molar-refractivity contribution in [2.75, 3.05) is 0 Å². The Morgan fingerprint density at radius 2 is 2.31 bits per heavy atom. The minimum atomic E-state index is -0.905. The van der Waals surface area contributed by atoms with Gasteiger partial charge in [-0.25, -0.2) is 0 Å². The van der Waals surface area contributed by atoms with Gasteiger partial charge < -0.3 is 0 Å². The lowest BCUT2D eigenvalue weighted by Crippen LogP contribution is -1.93. The van der Waals surface area contributed by atoms with E-state index in [1.165, 1.54) is 6.07 Å². The first kappa shape index (κ1) is 9.13. The summed E-state index contributed by atoms with van der Waals surface area (Å²) in [7, 11) is 0. The number of nitriles is 1. The summed E-state index contributed by atoms with van der Waals surface area (Å²) in [6.45, 7) is 0. The van der Waals surface area contributed by atoms with Crippen molar-refractivity contribution in [1.29, 1.82) is 5.26 Å². The molecular formula is C8H5FN2O2. The van der Waals surface area contributed by atoms with Crippen LogP contribution < -0.4 is 0 Å². The number of rotatable bonds is 2. The maximum absolute atomic E-state index is 12.9. The SMILES string of the molecule is N#CCc1ccc([N+](=O)[O-])c(F)c1. The van der Waals surface area contributed by atoms with Gasteiger partial charge in [-0.05, 0) is 11.6 Å². The molecule has 0 aliphatic rings. The smallest absolute Gasteiger partial charge is 0.258 e. The van der Waals surface area contributed by atoms with E-state index in [1.54, 1.807) is 0 Å².